The molecule has 0 unspecified atom stereocenters. The third kappa shape index (κ3) is 2.57. The Morgan fingerprint density at radius 1 is 1.25 bits per heavy atom. The number of para-hydroxylation sites is 1. The smallest absolute Gasteiger partial charge is 0.241 e. The number of thioether (sulfide) groups is 1. The second-order valence-corrected chi connectivity index (χ2v) is 7.22. The number of amides is 1. The summed E-state index contributed by atoms with van der Waals surface area (Å²) >= 11 is 1.64. The Balaban J connectivity index is 1.60. The van der Waals surface area contributed by atoms with Crippen LogP contribution in [-0.2, 0) is 11.8 Å². The minimum atomic E-state index is -0.0639. The van der Waals surface area contributed by atoms with E-state index in [1.54, 1.807) is 16.4 Å². The van der Waals surface area contributed by atoms with Gasteiger partial charge in [0.25, 0.3) is 0 Å². The number of hydrogen-bond donors (Lipinski definition) is 0. The Morgan fingerprint density at radius 2 is 2.08 bits per heavy atom. The summed E-state index contributed by atoms with van der Waals surface area (Å²) in [6.45, 7) is 2.68. The van der Waals surface area contributed by atoms with Crippen molar-refractivity contribution in [3.8, 4) is 0 Å². The van der Waals surface area contributed by atoms with E-state index in [1.807, 2.05) is 55.4 Å². The van der Waals surface area contributed by atoms with Gasteiger partial charge >= 0.3 is 0 Å². The Labute approximate surface area is 144 Å². The maximum atomic E-state index is 12.9. The van der Waals surface area contributed by atoms with Gasteiger partial charge < -0.3 is 0 Å². The van der Waals surface area contributed by atoms with Crippen LogP contribution in [0.1, 0.15) is 12.1 Å². The highest BCUT2D eigenvalue weighted by molar-refractivity contribution is 8.00. The molecule has 1 saturated heterocycles. The molecule has 4 rings (SSSR count). The summed E-state index contributed by atoms with van der Waals surface area (Å²) in [6.07, 6.45) is 2.65. The molecule has 1 aliphatic rings. The number of anilines is 1. The number of carbonyl (C=O) groups excluding carboxylic acids is 1. The summed E-state index contributed by atoms with van der Waals surface area (Å²) in [5.74, 6) is 1.03. The highest BCUT2D eigenvalue weighted by atomic mass is 32.2. The van der Waals surface area contributed by atoms with E-state index >= 15 is 0 Å². The molecule has 24 heavy (non-hydrogen) atoms. The highest BCUT2D eigenvalue weighted by Gasteiger charge is 2.35. The van der Waals surface area contributed by atoms with Crippen molar-refractivity contribution in [2.75, 3.05) is 11.4 Å². The number of carbonyl (C=O) groups is 1. The number of pyridine rings is 1. The Kier molecular flexibility index (Phi) is 3.76. The maximum Gasteiger partial charge on any atom is 0.241 e. The van der Waals surface area contributed by atoms with Gasteiger partial charge in [-0.05, 0) is 25.5 Å². The van der Waals surface area contributed by atoms with Gasteiger partial charge in [0.15, 0.2) is 0 Å². The lowest BCUT2D eigenvalue weighted by Gasteiger charge is -2.16. The molecule has 2 aromatic heterocycles. The number of aromatic nitrogens is 3. The van der Waals surface area contributed by atoms with E-state index in [-0.39, 0.29) is 11.2 Å². The molecule has 1 aliphatic heterocycles. The summed E-state index contributed by atoms with van der Waals surface area (Å²) in [7, 11) is 1.88. The van der Waals surface area contributed by atoms with Crippen molar-refractivity contribution in [3.63, 3.8) is 0 Å². The Bertz CT molecular complexity index is 915. The maximum absolute atomic E-state index is 12.9. The second-order valence-electron chi connectivity index (χ2n) is 5.98. The van der Waals surface area contributed by atoms with E-state index in [1.165, 1.54) is 0 Å². The van der Waals surface area contributed by atoms with Crippen LogP contribution in [0.3, 0.4) is 0 Å². The van der Waals surface area contributed by atoms with Crippen LogP contribution in [0.15, 0.2) is 47.5 Å². The molecule has 0 radical (unpaired) electrons. The number of rotatable bonds is 3. The molecule has 5 nitrogen and oxygen atoms in total. The first-order chi connectivity index (χ1) is 11.6. The summed E-state index contributed by atoms with van der Waals surface area (Å²) in [6, 6.07) is 12.0. The molecule has 3 aromatic rings. The van der Waals surface area contributed by atoms with Crippen molar-refractivity contribution in [2.45, 2.75) is 23.5 Å². The SMILES string of the molecule is Cc1cc(N2CC[C@H](Sc3ccnc4ccccc34)C2=O)n(C)n1. The highest BCUT2D eigenvalue weighted by Crippen LogP contribution is 2.36. The quantitative estimate of drug-likeness (QED) is 0.736. The van der Waals surface area contributed by atoms with E-state index in [4.69, 9.17) is 0 Å². The molecule has 0 spiro atoms. The molecular formula is C18H18N4OS. The first kappa shape index (κ1) is 15.2. The van der Waals surface area contributed by atoms with Crippen molar-refractivity contribution in [1.29, 1.82) is 0 Å². The lowest BCUT2D eigenvalue weighted by Crippen LogP contribution is -2.29. The fourth-order valence-corrected chi connectivity index (χ4v) is 4.36. The summed E-state index contributed by atoms with van der Waals surface area (Å²) in [5, 5.41) is 5.39. The Hall–Kier alpha value is -2.34. The average Bonchev–Trinajstić information content (AvgIpc) is 3.10. The Morgan fingerprint density at radius 3 is 2.88 bits per heavy atom. The molecule has 0 saturated carbocycles. The second kappa shape index (κ2) is 5.94. The van der Waals surface area contributed by atoms with Gasteiger partial charge in [0.05, 0.1) is 16.5 Å². The van der Waals surface area contributed by atoms with Gasteiger partial charge in [0.1, 0.15) is 5.82 Å². The molecule has 0 bridgehead atoms. The van der Waals surface area contributed by atoms with E-state index in [0.717, 1.165) is 40.3 Å². The number of hydrogen-bond acceptors (Lipinski definition) is 4. The van der Waals surface area contributed by atoms with Crippen molar-refractivity contribution in [2.24, 2.45) is 7.05 Å². The molecule has 1 atom stereocenters. The average molecular weight is 338 g/mol. The first-order valence-corrected chi connectivity index (χ1v) is 8.84. The van der Waals surface area contributed by atoms with Crippen LogP contribution in [0.25, 0.3) is 10.9 Å². The van der Waals surface area contributed by atoms with Gasteiger partial charge in [-0.3, -0.25) is 19.4 Å². The topological polar surface area (TPSA) is 51.0 Å². The lowest BCUT2D eigenvalue weighted by atomic mass is 10.2. The van der Waals surface area contributed by atoms with Crippen molar-refractivity contribution < 1.29 is 4.79 Å². The molecule has 1 fully saturated rings. The summed E-state index contributed by atoms with van der Waals surface area (Å²) < 4.78 is 1.78. The zero-order valence-corrected chi connectivity index (χ0v) is 14.5. The molecule has 6 heteroatoms. The van der Waals surface area contributed by atoms with Crippen LogP contribution in [0.2, 0.25) is 0 Å². The van der Waals surface area contributed by atoms with E-state index < -0.39 is 0 Å². The number of nitrogens with zero attached hydrogens (tertiary/aromatic N) is 4. The number of aryl methyl sites for hydroxylation is 2. The van der Waals surface area contributed by atoms with Crippen LogP contribution in [0, 0.1) is 6.92 Å². The molecule has 0 N–H and O–H groups in total. The summed E-state index contributed by atoms with van der Waals surface area (Å²) in [4.78, 5) is 20.2. The zero-order chi connectivity index (χ0) is 16.7. The number of fused-ring (bicyclic) bond motifs is 1. The molecule has 1 aromatic carbocycles. The largest absolute Gasteiger partial charge is 0.296 e. The first-order valence-electron chi connectivity index (χ1n) is 7.96. The third-order valence-electron chi connectivity index (χ3n) is 4.29. The fourth-order valence-electron chi connectivity index (χ4n) is 3.17. The number of benzene rings is 1. The van der Waals surface area contributed by atoms with Gasteiger partial charge in [-0.2, -0.15) is 5.10 Å². The van der Waals surface area contributed by atoms with Crippen LogP contribution in [-0.4, -0.2) is 32.5 Å². The molecular weight excluding hydrogens is 320 g/mol. The van der Waals surface area contributed by atoms with E-state index in [9.17, 15) is 4.79 Å². The van der Waals surface area contributed by atoms with Crippen molar-refractivity contribution in [3.05, 3.63) is 48.3 Å². The molecule has 1 amide bonds. The predicted molar refractivity (Wildman–Crippen MR) is 96.3 cm³/mol. The van der Waals surface area contributed by atoms with Crippen molar-refractivity contribution in [1.82, 2.24) is 14.8 Å². The van der Waals surface area contributed by atoms with E-state index in [0.29, 0.717) is 0 Å². The van der Waals surface area contributed by atoms with Gasteiger partial charge in [-0.15, -0.1) is 11.8 Å². The standard InChI is InChI=1S/C18H18N4OS/c1-12-11-17(21(2)20-12)22-10-8-16(18(22)23)24-15-7-9-19-14-6-4-3-5-13(14)15/h3-7,9,11,16H,8,10H2,1-2H3/t16-/m0/s1. The summed E-state index contributed by atoms with van der Waals surface area (Å²) in [5.41, 5.74) is 1.89. The van der Waals surface area contributed by atoms with Crippen LogP contribution in [0.5, 0.6) is 0 Å². The zero-order valence-electron chi connectivity index (χ0n) is 13.6. The van der Waals surface area contributed by atoms with Gasteiger partial charge in [-0.25, -0.2) is 0 Å². The molecule has 122 valence electrons. The van der Waals surface area contributed by atoms with Crippen LogP contribution < -0.4 is 4.90 Å². The van der Waals surface area contributed by atoms with Crippen LogP contribution in [0.4, 0.5) is 5.82 Å². The molecule has 0 aliphatic carbocycles. The normalized spacial score (nSPS) is 17.8. The minimum absolute atomic E-state index is 0.0639. The van der Waals surface area contributed by atoms with Gasteiger partial charge in [-0.1, -0.05) is 18.2 Å². The predicted octanol–water partition coefficient (Wildman–Crippen LogP) is 3.17. The van der Waals surface area contributed by atoms with E-state index in [2.05, 4.69) is 16.1 Å². The monoisotopic (exact) mass is 338 g/mol. The minimum Gasteiger partial charge on any atom is -0.296 e. The third-order valence-corrected chi connectivity index (χ3v) is 5.62. The molecule has 3 heterocycles. The van der Waals surface area contributed by atoms with Gasteiger partial charge in [0, 0.05) is 36.1 Å². The van der Waals surface area contributed by atoms with Crippen LogP contribution >= 0.6 is 11.8 Å². The fraction of sp³-hybridized carbons (Fsp3) is 0.278. The van der Waals surface area contributed by atoms with Gasteiger partial charge in [0.2, 0.25) is 5.91 Å². The lowest BCUT2D eigenvalue weighted by molar-refractivity contribution is -0.116. The van der Waals surface area contributed by atoms with Crippen molar-refractivity contribution >= 4 is 34.4 Å².